The summed E-state index contributed by atoms with van der Waals surface area (Å²) in [5.41, 5.74) is 0. The molecular weight excluding hydrogens is 228 g/mol. The first-order chi connectivity index (χ1) is 8.79. The van der Waals surface area contributed by atoms with E-state index in [1.54, 1.807) is 0 Å². The molecule has 18 heavy (non-hydrogen) atoms. The number of hydrogen-bond acceptors (Lipinski definition) is 4. The molecule has 0 spiro atoms. The van der Waals surface area contributed by atoms with Crippen LogP contribution >= 0.6 is 0 Å². The van der Waals surface area contributed by atoms with Crippen LogP contribution in [0.4, 0.5) is 0 Å². The van der Waals surface area contributed by atoms with E-state index in [0.717, 1.165) is 45.4 Å². The molecule has 0 amide bonds. The molecule has 2 atom stereocenters. The van der Waals surface area contributed by atoms with Crippen LogP contribution in [0.5, 0.6) is 0 Å². The van der Waals surface area contributed by atoms with E-state index >= 15 is 0 Å². The van der Waals surface area contributed by atoms with Crippen LogP contribution in [-0.2, 0) is 9.47 Å². The van der Waals surface area contributed by atoms with Gasteiger partial charge in [0.25, 0.3) is 0 Å². The van der Waals surface area contributed by atoms with Gasteiger partial charge in [0.1, 0.15) is 0 Å². The Morgan fingerprint density at radius 1 is 1.39 bits per heavy atom. The first-order valence-corrected chi connectivity index (χ1v) is 7.31. The number of ether oxygens (including phenoxy) is 2. The van der Waals surface area contributed by atoms with Gasteiger partial charge in [0.15, 0.2) is 0 Å². The van der Waals surface area contributed by atoms with E-state index in [1.807, 2.05) is 0 Å². The summed E-state index contributed by atoms with van der Waals surface area (Å²) in [7, 11) is 4.24. The third-order valence-electron chi connectivity index (χ3n) is 4.08. The number of likely N-dealkylation sites (N-methyl/N-ethyl adjacent to an activating group) is 2. The Morgan fingerprint density at radius 2 is 2.22 bits per heavy atom. The highest BCUT2D eigenvalue weighted by molar-refractivity contribution is 4.80. The Balaban J connectivity index is 1.56. The minimum atomic E-state index is 0.543. The molecule has 2 fully saturated rings. The van der Waals surface area contributed by atoms with Gasteiger partial charge in [0, 0.05) is 38.3 Å². The van der Waals surface area contributed by atoms with Crippen molar-refractivity contribution in [2.75, 3.05) is 53.6 Å². The Labute approximate surface area is 111 Å². The monoisotopic (exact) mass is 256 g/mol. The maximum absolute atomic E-state index is 5.68. The lowest BCUT2D eigenvalue weighted by molar-refractivity contribution is 0.0973. The highest BCUT2D eigenvalue weighted by atomic mass is 16.5. The first-order valence-electron chi connectivity index (χ1n) is 7.31. The summed E-state index contributed by atoms with van der Waals surface area (Å²) < 4.78 is 11.2. The van der Waals surface area contributed by atoms with Crippen molar-refractivity contribution in [1.29, 1.82) is 0 Å². The molecule has 0 bridgehead atoms. The molecule has 4 heteroatoms. The average molecular weight is 256 g/mol. The topological polar surface area (TPSA) is 33.7 Å². The van der Waals surface area contributed by atoms with E-state index in [4.69, 9.17) is 9.47 Å². The molecule has 1 saturated carbocycles. The second-order valence-corrected chi connectivity index (χ2v) is 5.80. The van der Waals surface area contributed by atoms with E-state index < -0.39 is 0 Å². The third kappa shape index (κ3) is 4.84. The lowest BCUT2D eigenvalue weighted by Gasteiger charge is -2.27. The summed E-state index contributed by atoms with van der Waals surface area (Å²) in [6.45, 7) is 5.79. The average Bonchev–Trinajstić information content (AvgIpc) is 3.04. The van der Waals surface area contributed by atoms with Gasteiger partial charge in [-0.15, -0.1) is 0 Å². The third-order valence-corrected chi connectivity index (χ3v) is 4.08. The van der Waals surface area contributed by atoms with Crippen molar-refractivity contribution in [2.24, 2.45) is 11.8 Å². The number of rotatable bonds is 9. The minimum Gasteiger partial charge on any atom is -0.381 e. The SMILES string of the molecule is CNC(CN(C)CCOCC1CC1)C1CCOC1. The Hall–Kier alpha value is -0.160. The van der Waals surface area contributed by atoms with Crippen molar-refractivity contribution in [3.8, 4) is 0 Å². The normalized spacial score (nSPS) is 25.8. The lowest BCUT2D eigenvalue weighted by atomic mass is 9.99. The summed E-state index contributed by atoms with van der Waals surface area (Å²) in [5, 5.41) is 3.43. The smallest absolute Gasteiger partial charge is 0.0593 e. The quantitative estimate of drug-likeness (QED) is 0.623. The summed E-state index contributed by atoms with van der Waals surface area (Å²) in [4.78, 5) is 2.37. The number of nitrogens with zero attached hydrogens (tertiary/aromatic N) is 1. The Kier molecular flexibility index (Phi) is 5.89. The van der Waals surface area contributed by atoms with E-state index in [9.17, 15) is 0 Å². The van der Waals surface area contributed by atoms with Gasteiger partial charge >= 0.3 is 0 Å². The maximum Gasteiger partial charge on any atom is 0.0593 e. The van der Waals surface area contributed by atoms with Crippen LogP contribution in [0.2, 0.25) is 0 Å². The molecule has 1 aliphatic carbocycles. The van der Waals surface area contributed by atoms with Gasteiger partial charge < -0.3 is 19.7 Å². The standard InChI is InChI=1S/C14H28N2O2/c1-15-14(13-5-7-17-11-13)9-16(2)6-8-18-10-12-3-4-12/h12-15H,3-11H2,1-2H3. The zero-order valence-electron chi connectivity index (χ0n) is 11.9. The van der Waals surface area contributed by atoms with Crippen LogP contribution in [0, 0.1) is 11.8 Å². The van der Waals surface area contributed by atoms with Crippen LogP contribution in [0.25, 0.3) is 0 Å². The van der Waals surface area contributed by atoms with Gasteiger partial charge in [0.2, 0.25) is 0 Å². The summed E-state index contributed by atoms with van der Waals surface area (Å²) in [6.07, 6.45) is 3.94. The Morgan fingerprint density at radius 3 is 2.83 bits per heavy atom. The predicted octanol–water partition coefficient (Wildman–Crippen LogP) is 0.969. The molecule has 2 rings (SSSR count). The zero-order chi connectivity index (χ0) is 12.8. The highest BCUT2D eigenvalue weighted by Gasteiger charge is 2.25. The van der Waals surface area contributed by atoms with Crippen LogP contribution < -0.4 is 5.32 Å². The van der Waals surface area contributed by atoms with Gasteiger partial charge in [-0.25, -0.2) is 0 Å². The molecule has 2 unspecified atom stereocenters. The van der Waals surface area contributed by atoms with Gasteiger partial charge in [0.05, 0.1) is 13.2 Å². The van der Waals surface area contributed by atoms with Gasteiger partial charge in [-0.3, -0.25) is 0 Å². The van der Waals surface area contributed by atoms with Gasteiger partial charge in [-0.05, 0) is 39.3 Å². The fourth-order valence-corrected chi connectivity index (χ4v) is 2.53. The first kappa shape index (κ1) is 14.3. The fourth-order valence-electron chi connectivity index (χ4n) is 2.53. The fraction of sp³-hybridized carbons (Fsp3) is 1.00. The number of nitrogens with one attached hydrogen (secondary N) is 1. The molecular formula is C14H28N2O2. The molecule has 4 nitrogen and oxygen atoms in total. The Bertz CT molecular complexity index is 228. The summed E-state index contributed by atoms with van der Waals surface area (Å²) in [5.74, 6) is 1.54. The van der Waals surface area contributed by atoms with Gasteiger partial charge in [-0.1, -0.05) is 0 Å². The van der Waals surface area contributed by atoms with Crippen LogP contribution in [0.1, 0.15) is 19.3 Å². The molecule has 1 N–H and O–H groups in total. The van der Waals surface area contributed by atoms with Crippen molar-refractivity contribution in [3.05, 3.63) is 0 Å². The second kappa shape index (κ2) is 7.43. The molecule has 2 aliphatic rings. The number of hydrogen-bond donors (Lipinski definition) is 1. The minimum absolute atomic E-state index is 0.543. The van der Waals surface area contributed by atoms with Crippen molar-refractivity contribution in [2.45, 2.75) is 25.3 Å². The zero-order valence-corrected chi connectivity index (χ0v) is 11.9. The molecule has 0 aromatic carbocycles. The van der Waals surface area contributed by atoms with Crippen molar-refractivity contribution in [1.82, 2.24) is 10.2 Å². The lowest BCUT2D eigenvalue weighted by Crippen LogP contribution is -2.44. The van der Waals surface area contributed by atoms with Crippen LogP contribution in [0.15, 0.2) is 0 Å². The van der Waals surface area contributed by atoms with Gasteiger partial charge in [-0.2, -0.15) is 0 Å². The molecule has 0 radical (unpaired) electrons. The van der Waals surface area contributed by atoms with E-state index in [0.29, 0.717) is 12.0 Å². The van der Waals surface area contributed by atoms with E-state index in [2.05, 4.69) is 24.3 Å². The summed E-state index contributed by atoms with van der Waals surface area (Å²) >= 11 is 0. The maximum atomic E-state index is 5.68. The molecule has 0 aromatic heterocycles. The molecule has 0 aromatic rings. The largest absolute Gasteiger partial charge is 0.381 e. The van der Waals surface area contributed by atoms with E-state index in [-0.39, 0.29) is 0 Å². The van der Waals surface area contributed by atoms with Crippen molar-refractivity contribution >= 4 is 0 Å². The highest BCUT2D eigenvalue weighted by Crippen LogP contribution is 2.28. The predicted molar refractivity (Wildman–Crippen MR) is 72.8 cm³/mol. The second-order valence-electron chi connectivity index (χ2n) is 5.80. The molecule has 106 valence electrons. The molecule has 1 heterocycles. The van der Waals surface area contributed by atoms with Crippen molar-refractivity contribution < 1.29 is 9.47 Å². The summed E-state index contributed by atoms with van der Waals surface area (Å²) in [6, 6.07) is 0.543. The molecule has 1 saturated heterocycles. The molecule has 1 aliphatic heterocycles. The van der Waals surface area contributed by atoms with Crippen LogP contribution in [-0.4, -0.2) is 64.6 Å². The van der Waals surface area contributed by atoms with Crippen molar-refractivity contribution in [3.63, 3.8) is 0 Å². The van der Waals surface area contributed by atoms with E-state index in [1.165, 1.54) is 19.3 Å². The van der Waals surface area contributed by atoms with Crippen LogP contribution in [0.3, 0.4) is 0 Å².